The number of benzene rings is 2. The Hall–Kier alpha value is -2.89. The first-order valence-corrected chi connectivity index (χ1v) is 8.36. The van der Waals surface area contributed by atoms with E-state index in [0.29, 0.717) is 5.75 Å². The van der Waals surface area contributed by atoms with Crippen molar-refractivity contribution in [3.63, 3.8) is 0 Å². The third-order valence-corrected chi connectivity index (χ3v) is 4.12. The molecule has 0 saturated carbocycles. The molecule has 0 aliphatic carbocycles. The summed E-state index contributed by atoms with van der Waals surface area (Å²) in [5.41, 5.74) is 1.65. The lowest BCUT2D eigenvalue weighted by atomic mass is 10.1. The fourth-order valence-electron chi connectivity index (χ4n) is 2.52. The maximum absolute atomic E-state index is 13.1. The third-order valence-electron chi connectivity index (χ3n) is 4.12. The minimum atomic E-state index is -0.682. The quantitative estimate of drug-likeness (QED) is 0.828. The van der Waals surface area contributed by atoms with Gasteiger partial charge in [-0.3, -0.25) is 9.59 Å². The molecule has 0 spiro atoms. The van der Waals surface area contributed by atoms with Crippen LogP contribution >= 0.6 is 0 Å². The molecule has 0 heterocycles. The number of carbonyl (C=O) groups is 2. The molecule has 26 heavy (non-hydrogen) atoms. The van der Waals surface area contributed by atoms with Gasteiger partial charge >= 0.3 is 0 Å². The monoisotopic (exact) mass is 358 g/mol. The van der Waals surface area contributed by atoms with Gasteiger partial charge in [-0.2, -0.15) is 0 Å². The average molecular weight is 358 g/mol. The van der Waals surface area contributed by atoms with Gasteiger partial charge in [-0.25, -0.2) is 4.39 Å². The highest BCUT2D eigenvalue weighted by molar-refractivity contribution is 5.87. The number of halogens is 1. The Morgan fingerprint density at radius 2 is 1.81 bits per heavy atom. The van der Waals surface area contributed by atoms with Crippen molar-refractivity contribution in [3.05, 3.63) is 65.5 Å². The summed E-state index contributed by atoms with van der Waals surface area (Å²) in [5.74, 6) is -0.339. The van der Waals surface area contributed by atoms with Crippen molar-refractivity contribution in [1.82, 2.24) is 10.2 Å². The van der Waals surface area contributed by atoms with E-state index in [-0.39, 0.29) is 30.8 Å². The van der Waals surface area contributed by atoms with Crippen LogP contribution in [0.2, 0.25) is 0 Å². The summed E-state index contributed by atoms with van der Waals surface area (Å²) >= 11 is 0. The van der Waals surface area contributed by atoms with E-state index in [1.807, 2.05) is 25.1 Å². The zero-order valence-corrected chi connectivity index (χ0v) is 15.2. The molecular weight excluding hydrogens is 335 g/mol. The number of nitrogens with one attached hydrogen (secondary N) is 1. The number of ether oxygens (including phenoxy) is 1. The molecule has 2 amide bonds. The van der Waals surface area contributed by atoms with Gasteiger partial charge in [0.05, 0.1) is 0 Å². The molecule has 2 aromatic carbocycles. The lowest BCUT2D eigenvalue weighted by molar-refractivity contribution is -0.142. The molecular formula is C20H23FN2O3. The number of hydrogen-bond donors (Lipinski definition) is 1. The van der Waals surface area contributed by atoms with E-state index >= 15 is 0 Å². The second-order valence-electron chi connectivity index (χ2n) is 5.99. The number of nitrogens with zero attached hydrogens (tertiary/aromatic N) is 1. The molecule has 0 aliphatic heterocycles. The first kappa shape index (κ1) is 19.4. The Labute approximate surface area is 152 Å². The van der Waals surface area contributed by atoms with Crippen LogP contribution in [0, 0.1) is 12.7 Å². The minimum absolute atomic E-state index is 0.185. The molecule has 0 radical (unpaired) electrons. The SMILES string of the molecule is CNC(=O)C(C)N(Cc1ccc(F)cc1)C(=O)COc1ccccc1C. The number of rotatable bonds is 7. The first-order chi connectivity index (χ1) is 12.4. The summed E-state index contributed by atoms with van der Waals surface area (Å²) in [4.78, 5) is 26.2. The fourth-order valence-corrected chi connectivity index (χ4v) is 2.52. The maximum atomic E-state index is 13.1. The maximum Gasteiger partial charge on any atom is 0.261 e. The third kappa shape index (κ3) is 5.05. The molecule has 0 bridgehead atoms. The van der Waals surface area contributed by atoms with Gasteiger partial charge in [0.25, 0.3) is 5.91 Å². The largest absolute Gasteiger partial charge is 0.484 e. The number of carbonyl (C=O) groups excluding carboxylic acids is 2. The smallest absolute Gasteiger partial charge is 0.261 e. The second-order valence-corrected chi connectivity index (χ2v) is 5.99. The van der Waals surface area contributed by atoms with E-state index in [1.54, 1.807) is 25.1 Å². The van der Waals surface area contributed by atoms with Crippen molar-refractivity contribution >= 4 is 11.8 Å². The average Bonchev–Trinajstić information content (AvgIpc) is 2.65. The summed E-state index contributed by atoms with van der Waals surface area (Å²) in [6, 6.07) is 12.5. The zero-order chi connectivity index (χ0) is 19.1. The molecule has 2 aromatic rings. The summed E-state index contributed by atoms with van der Waals surface area (Å²) < 4.78 is 18.7. The lowest BCUT2D eigenvalue weighted by Gasteiger charge is -2.28. The van der Waals surface area contributed by atoms with E-state index in [1.165, 1.54) is 24.1 Å². The van der Waals surface area contributed by atoms with Crippen LogP contribution in [0.5, 0.6) is 5.75 Å². The van der Waals surface area contributed by atoms with Crippen LogP contribution in [-0.4, -0.2) is 36.4 Å². The van der Waals surface area contributed by atoms with Gasteiger partial charge in [0.1, 0.15) is 17.6 Å². The Morgan fingerprint density at radius 3 is 2.42 bits per heavy atom. The van der Waals surface area contributed by atoms with Crippen LogP contribution in [0.1, 0.15) is 18.1 Å². The highest BCUT2D eigenvalue weighted by Gasteiger charge is 2.25. The highest BCUT2D eigenvalue weighted by Crippen LogP contribution is 2.17. The molecule has 1 unspecified atom stereocenters. The van der Waals surface area contributed by atoms with Crippen molar-refractivity contribution in [2.75, 3.05) is 13.7 Å². The molecule has 0 fully saturated rings. The summed E-state index contributed by atoms with van der Waals surface area (Å²) in [5, 5.41) is 2.54. The van der Waals surface area contributed by atoms with Gasteiger partial charge in [0, 0.05) is 13.6 Å². The van der Waals surface area contributed by atoms with E-state index in [2.05, 4.69) is 5.32 Å². The van der Waals surface area contributed by atoms with E-state index in [4.69, 9.17) is 4.74 Å². The Balaban J connectivity index is 2.13. The summed E-state index contributed by atoms with van der Waals surface area (Å²) in [7, 11) is 1.52. The van der Waals surface area contributed by atoms with Crippen LogP contribution < -0.4 is 10.1 Å². The van der Waals surface area contributed by atoms with Crippen molar-refractivity contribution in [2.45, 2.75) is 26.4 Å². The normalized spacial score (nSPS) is 11.5. The van der Waals surface area contributed by atoms with Crippen LogP contribution in [-0.2, 0) is 16.1 Å². The number of aryl methyl sites for hydroxylation is 1. The highest BCUT2D eigenvalue weighted by atomic mass is 19.1. The van der Waals surface area contributed by atoms with Gasteiger partial charge in [0.15, 0.2) is 6.61 Å². The van der Waals surface area contributed by atoms with Gasteiger partial charge < -0.3 is 15.0 Å². The van der Waals surface area contributed by atoms with Gasteiger partial charge in [-0.05, 0) is 43.2 Å². The van der Waals surface area contributed by atoms with E-state index in [9.17, 15) is 14.0 Å². The van der Waals surface area contributed by atoms with Crippen molar-refractivity contribution < 1.29 is 18.7 Å². The van der Waals surface area contributed by atoms with Gasteiger partial charge in [-0.15, -0.1) is 0 Å². The Kier molecular flexibility index (Phi) is 6.72. The predicted octanol–water partition coefficient (Wildman–Crippen LogP) is 2.68. The minimum Gasteiger partial charge on any atom is -0.484 e. The van der Waals surface area contributed by atoms with Gasteiger partial charge in [0.2, 0.25) is 5.91 Å². The molecule has 5 nitrogen and oxygen atoms in total. The molecule has 0 saturated heterocycles. The Morgan fingerprint density at radius 1 is 1.15 bits per heavy atom. The first-order valence-electron chi connectivity index (χ1n) is 8.36. The molecule has 6 heteroatoms. The van der Waals surface area contributed by atoms with E-state index < -0.39 is 6.04 Å². The lowest BCUT2D eigenvalue weighted by Crippen LogP contribution is -2.48. The molecule has 138 valence electrons. The molecule has 0 aliphatic rings. The molecule has 2 rings (SSSR count). The van der Waals surface area contributed by atoms with E-state index in [0.717, 1.165) is 11.1 Å². The summed E-state index contributed by atoms with van der Waals surface area (Å²) in [6.45, 7) is 3.54. The predicted molar refractivity (Wildman–Crippen MR) is 97.2 cm³/mol. The van der Waals surface area contributed by atoms with Crippen LogP contribution in [0.25, 0.3) is 0 Å². The van der Waals surface area contributed by atoms with Crippen LogP contribution in [0.3, 0.4) is 0 Å². The van der Waals surface area contributed by atoms with Crippen LogP contribution in [0.15, 0.2) is 48.5 Å². The summed E-state index contributed by atoms with van der Waals surface area (Å²) in [6.07, 6.45) is 0. The molecule has 1 atom stereocenters. The standard InChI is InChI=1S/C20H23FN2O3/c1-14-6-4-5-7-18(14)26-13-19(24)23(15(2)20(25)22-3)12-16-8-10-17(21)11-9-16/h4-11,15H,12-13H2,1-3H3,(H,22,25). The van der Waals surface area contributed by atoms with Crippen LogP contribution in [0.4, 0.5) is 4.39 Å². The molecule has 0 aromatic heterocycles. The molecule has 1 N–H and O–H groups in total. The number of para-hydroxylation sites is 1. The topological polar surface area (TPSA) is 58.6 Å². The fraction of sp³-hybridized carbons (Fsp3) is 0.300. The second kappa shape index (κ2) is 8.99. The zero-order valence-electron chi connectivity index (χ0n) is 15.2. The van der Waals surface area contributed by atoms with Gasteiger partial charge in [-0.1, -0.05) is 30.3 Å². The van der Waals surface area contributed by atoms with Crippen molar-refractivity contribution in [1.29, 1.82) is 0 Å². The van der Waals surface area contributed by atoms with Crippen molar-refractivity contribution in [3.8, 4) is 5.75 Å². The van der Waals surface area contributed by atoms with Crippen molar-refractivity contribution in [2.24, 2.45) is 0 Å². The number of amides is 2. The number of hydrogen-bond acceptors (Lipinski definition) is 3. The number of likely N-dealkylation sites (N-methyl/N-ethyl adjacent to an activating group) is 1. The Bertz CT molecular complexity index is 762.